The third kappa shape index (κ3) is 2.34. The van der Waals surface area contributed by atoms with Crippen molar-refractivity contribution in [2.75, 3.05) is 14.2 Å². The van der Waals surface area contributed by atoms with Crippen LogP contribution in [-0.4, -0.2) is 34.9 Å². The predicted octanol–water partition coefficient (Wildman–Crippen LogP) is 4.03. The molecule has 6 heteroatoms. The molecule has 3 aromatic rings. The van der Waals surface area contributed by atoms with E-state index in [0.717, 1.165) is 40.7 Å². The normalized spacial score (nSPS) is 16.4. The van der Waals surface area contributed by atoms with Crippen molar-refractivity contribution in [3.05, 3.63) is 65.9 Å². The second-order valence-electron chi connectivity index (χ2n) is 7.28. The first kappa shape index (κ1) is 16.9. The monoisotopic (exact) mass is 375 g/mol. The van der Waals surface area contributed by atoms with Gasteiger partial charge in [-0.3, -0.25) is 4.79 Å². The van der Waals surface area contributed by atoms with Gasteiger partial charge in [0.15, 0.2) is 0 Å². The Morgan fingerprint density at radius 1 is 1.07 bits per heavy atom. The zero-order valence-electron chi connectivity index (χ0n) is 15.6. The molecule has 0 unspecified atom stereocenters. The van der Waals surface area contributed by atoms with Gasteiger partial charge in [0.05, 0.1) is 12.6 Å². The Bertz CT molecular complexity index is 1110. The van der Waals surface area contributed by atoms with Gasteiger partial charge in [-0.1, -0.05) is 12.1 Å². The molecule has 0 atom stereocenters. The standard InChI is InChI=1S/C22H18FN3O2/c1-26-21(27)20-15(5-8-19(25-20)28-2)16-11-13(14-4-7-18(23)24-12-14)3-6-17(16)22(26)9-10-22/h3-8,11-12H,9-10H2,1-2H3. The van der Waals surface area contributed by atoms with Crippen LogP contribution >= 0.6 is 0 Å². The topological polar surface area (TPSA) is 55.3 Å². The number of nitrogens with zero attached hydrogens (tertiary/aromatic N) is 3. The number of hydrogen-bond acceptors (Lipinski definition) is 4. The van der Waals surface area contributed by atoms with Gasteiger partial charge >= 0.3 is 0 Å². The number of methoxy groups -OCH3 is 1. The van der Waals surface area contributed by atoms with E-state index in [1.54, 1.807) is 12.1 Å². The van der Waals surface area contributed by atoms with Crippen LogP contribution in [0.4, 0.5) is 4.39 Å². The molecular weight excluding hydrogens is 357 g/mol. The van der Waals surface area contributed by atoms with Gasteiger partial charge < -0.3 is 9.64 Å². The fraction of sp³-hybridized carbons (Fsp3) is 0.227. The number of ether oxygens (including phenoxy) is 1. The Morgan fingerprint density at radius 3 is 2.54 bits per heavy atom. The summed E-state index contributed by atoms with van der Waals surface area (Å²) in [5.74, 6) is -0.204. The molecule has 5 nitrogen and oxygen atoms in total. The fourth-order valence-corrected chi connectivity index (χ4v) is 4.09. The van der Waals surface area contributed by atoms with Gasteiger partial charge in [0.2, 0.25) is 11.8 Å². The molecule has 1 saturated carbocycles. The number of amides is 1. The summed E-state index contributed by atoms with van der Waals surface area (Å²) in [6.45, 7) is 0. The summed E-state index contributed by atoms with van der Waals surface area (Å²) in [6.07, 6.45) is 3.36. The number of fused-ring (bicyclic) bond motifs is 4. The van der Waals surface area contributed by atoms with E-state index in [-0.39, 0.29) is 11.4 Å². The van der Waals surface area contributed by atoms with E-state index >= 15 is 0 Å². The number of carbonyl (C=O) groups excluding carboxylic acids is 1. The third-order valence-corrected chi connectivity index (χ3v) is 5.82. The molecule has 28 heavy (non-hydrogen) atoms. The second-order valence-corrected chi connectivity index (χ2v) is 7.28. The number of hydrogen-bond donors (Lipinski definition) is 0. The first-order chi connectivity index (χ1) is 13.5. The van der Waals surface area contributed by atoms with Crippen molar-refractivity contribution in [1.82, 2.24) is 14.9 Å². The zero-order valence-corrected chi connectivity index (χ0v) is 15.6. The van der Waals surface area contributed by atoms with Crippen LogP contribution in [0.15, 0.2) is 48.7 Å². The van der Waals surface area contributed by atoms with E-state index in [9.17, 15) is 9.18 Å². The molecule has 0 bridgehead atoms. The van der Waals surface area contributed by atoms with Crippen LogP contribution < -0.4 is 4.74 Å². The summed E-state index contributed by atoms with van der Waals surface area (Å²) in [7, 11) is 3.38. The van der Waals surface area contributed by atoms with Crippen LogP contribution in [0.25, 0.3) is 22.3 Å². The van der Waals surface area contributed by atoms with E-state index in [2.05, 4.69) is 16.0 Å². The Morgan fingerprint density at radius 2 is 1.86 bits per heavy atom. The Balaban J connectivity index is 1.76. The number of benzene rings is 1. The van der Waals surface area contributed by atoms with Crippen LogP contribution in [0.5, 0.6) is 5.88 Å². The number of carbonyl (C=O) groups is 1. The van der Waals surface area contributed by atoms with Crippen LogP contribution in [-0.2, 0) is 5.54 Å². The average Bonchev–Trinajstić information content (AvgIpc) is 3.54. The highest BCUT2D eigenvalue weighted by Crippen LogP contribution is 2.56. The lowest BCUT2D eigenvalue weighted by Crippen LogP contribution is -2.36. The summed E-state index contributed by atoms with van der Waals surface area (Å²) in [6, 6.07) is 12.8. The Hall–Kier alpha value is -3.28. The van der Waals surface area contributed by atoms with Crippen molar-refractivity contribution in [3.63, 3.8) is 0 Å². The van der Waals surface area contributed by atoms with Gasteiger partial charge in [-0.05, 0) is 53.8 Å². The number of halogens is 1. The highest BCUT2D eigenvalue weighted by atomic mass is 19.1. The van der Waals surface area contributed by atoms with E-state index < -0.39 is 5.95 Å². The van der Waals surface area contributed by atoms with Crippen molar-refractivity contribution in [2.45, 2.75) is 18.4 Å². The average molecular weight is 375 g/mol. The van der Waals surface area contributed by atoms with Crippen molar-refractivity contribution in [1.29, 1.82) is 0 Å². The summed E-state index contributed by atoms with van der Waals surface area (Å²) in [4.78, 5) is 23.2. The minimum atomic E-state index is -0.510. The maximum absolute atomic E-state index is 13.2. The molecule has 3 heterocycles. The minimum Gasteiger partial charge on any atom is -0.481 e. The smallest absolute Gasteiger partial charge is 0.273 e. The molecular formula is C22H18FN3O2. The van der Waals surface area contributed by atoms with E-state index in [0.29, 0.717) is 11.6 Å². The van der Waals surface area contributed by atoms with Gasteiger partial charge in [-0.15, -0.1) is 0 Å². The van der Waals surface area contributed by atoms with Gasteiger partial charge in [-0.2, -0.15) is 4.39 Å². The highest BCUT2D eigenvalue weighted by molar-refractivity contribution is 6.02. The molecule has 1 aliphatic heterocycles. The van der Waals surface area contributed by atoms with Crippen LogP contribution in [0, 0.1) is 5.95 Å². The van der Waals surface area contributed by atoms with Crippen molar-refractivity contribution in [2.24, 2.45) is 0 Å². The molecule has 1 aromatic carbocycles. The molecule has 1 aliphatic carbocycles. The van der Waals surface area contributed by atoms with Crippen LogP contribution in [0.2, 0.25) is 0 Å². The minimum absolute atomic E-state index is 0.104. The van der Waals surface area contributed by atoms with Crippen molar-refractivity contribution < 1.29 is 13.9 Å². The van der Waals surface area contributed by atoms with Gasteiger partial charge in [0.1, 0.15) is 5.69 Å². The maximum atomic E-state index is 13.2. The maximum Gasteiger partial charge on any atom is 0.273 e. The first-order valence-electron chi connectivity index (χ1n) is 9.13. The third-order valence-electron chi connectivity index (χ3n) is 5.82. The van der Waals surface area contributed by atoms with Gasteiger partial charge in [0.25, 0.3) is 5.91 Å². The van der Waals surface area contributed by atoms with Crippen LogP contribution in [0.3, 0.4) is 0 Å². The molecule has 0 radical (unpaired) electrons. The molecule has 140 valence electrons. The second kappa shape index (κ2) is 5.86. The Labute approximate surface area is 161 Å². The van der Waals surface area contributed by atoms with Crippen molar-refractivity contribution >= 4 is 5.91 Å². The fourth-order valence-electron chi connectivity index (χ4n) is 4.09. The summed E-state index contributed by atoms with van der Waals surface area (Å²) >= 11 is 0. The van der Waals surface area contributed by atoms with Crippen molar-refractivity contribution in [3.8, 4) is 28.1 Å². The van der Waals surface area contributed by atoms with Gasteiger partial charge in [0, 0.05) is 30.4 Å². The summed E-state index contributed by atoms with van der Waals surface area (Å²) < 4.78 is 18.5. The molecule has 0 N–H and O–H groups in total. The molecule has 1 spiro atoms. The van der Waals surface area contributed by atoms with E-state index in [1.165, 1.54) is 19.4 Å². The lowest BCUT2D eigenvalue weighted by molar-refractivity contribution is 0.0703. The molecule has 2 aromatic heterocycles. The summed E-state index contributed by atoms with van der Waals surface area (Å²) in [5, 5.41) is 0. The first-order valence-corrected chi connectivity index (χ1v) is 9.13. The Kier molecular flexibility index (Phi) is 3.53. The molecule has 1 amide bonds. The highest BCUT2D eigenvalue weighted by Gasteiger charge is 2.53. The predicted molar refractivity (Wildman–Crippen MR) is 102 cm³/mol. The zero-order chi connectivity index (χ0) is 19.5. The number of pyridine rings is 2. The molecule has 2 aliphatic rings. The molecule has 5 rings (SSSR count). The van der Waals surface area contributed by atoms with E-state index in [4.69, 9.17) is 4.74 Å². The summed E-state index contributed by atoms with van der Waals surface area (Å²) in [5.41, 5.74) is 4.71. The number of aromatic nitrogens is 2. The van der Waals surface area contributed by atoms with Crippen LogP contribution in [0.1, 0.15) is 28.9 Å². The number of rotatable bonds is 2. The largest absolute Gasteiger partial charge is 0.481 e. The lowest BCUT2D eigenvalue weighted by atomic mass is 9.90. The van der Waals surface area contributed by atoms with Gasteiger partial charge in [-0.25, -0.2) is 9.97 Å². The van der Waals surface area contributed by atoms with E-state index in [1.807, 2.05) is 30.1 Å². The molecule has 0 saturated heterocycles. The SMILES string of the molecule is COc1ccc2c(n1)C(=O)N(C)C1(CC1)c1ccc(-c3ccc(F)nc3)cc1-2. The lowest BCUT2D eigenvalue weighted by Gasteiger charge is -2.27. The quantitative estimate of drug-likeness (QED) is 0.635. The molecule has 1 fully saturated rings.